The first-order valence-electron chi connectivity index (χ1n) is 5.19. The van der Waals surface area contributed by atoms with E-state index in [0.29, 0.717) is 0 Å². The minimum absolute atomic E-state index is 0.158. The SMILES string of the molecule is CC(C)(CCS(=O)(=O)CC(O)C(O)CO)NCl. The van der Waals surface area contributed by atoms with Crippen molar-refractivity contribution in [3.63, 3.8) is 0 Å². The van der Waals surface area contributed by atoms with Crippen molar-refractivity contribution in [2.75, 3.05) is 18.1 Å². The molecule has 2 unspecified atom stereocenters. The molecule has 17 heavy (non-hydrogen) atoms. The molecule has 0 saturated carbocycles. The van der Waals surface area contributed by atoms with Crippen LogP contribution in [0, 0.1) is 0 Å². The lowest BCUT2D eigenvalue weighted by molar-refractivity contribution is -0.00266. The predicted octanol–water partition coefficient (Wildman–Crippen LogP) is -0.973. The largest absolute Gasteiger partial charge is 0.394 e. The van der Waals surface area contributed by atoms with Crippen LogP contribution in [0.3, 0.4) is 0 Å². The Balaban J connectivity index is 4.31. The van der Waals surface area contributed by atoms with Crippen molar-refractivity contribution in [1.29, 1.82) is 0 Å². The quantitative estimate of drug-likeness (QED) is 0.428. The van der Waals surface area contributed by atoms with Gasteiger partial charge in [-0.15, -0.1) is 0 Å². The average Bonchev–Trinajstić information content (AvgIpc) is 2.25. The zero-order chi connectivity index (χ0) is 13.7. The van der Waals surface area contributed by atoms with Crippen LogP contribution in [0.25, 0.3) is 0 Å². The fraction of sp³-hybridized carbons (Fsp3) is 1.00. The minimum Gasteiger partial charge on any atom is -0.394 e. The van der Waals surface area contributed by atoms with E-state index >= 15 is 0 Å². The lowest BCUT2D eigenvalue weighted by atomic mass is 10.0. The van der Waals surface area contributed by atoms with Crippen LogP contribution in [-0.2, 0) is 9.84 Å². The molecule has 0 aliphatic rings. The molecule has 0 radical (unpaired) electrons. The molecule has 0 rings (SSSR count). The standard InChI is InChI=1S/C9H20ClNO5S/c1-9(2,11-10)3-4-17(15,16)6-8(14)7(13)5-12/h7-8,11-14H,3-6H2,1-2H3. The summed E-state index contributed by atoms with van der Waals surface area (Å²) in [5, 5.41) is 26.9. The first-order chi connectivity index (χ1) is 7.63. The zero-order valence-electron chi connectivity index (χ0n) is 9.93. The second-order valence-corrected chi connectivity index (χ2v) is 7.08. The smallest absolute Gasteiger partial charge is 0.153 e. The first-order valence-corrected chi connectivity index (χ1v) is 7.39. The average molecular weight is 290 g/mol. The maximum absolute atomic E-state index is 11.6. The van der Waals surface area contributed by atoms with Crippen molar-refractivity contribution < 1.29 is 23.7 Å². The molecule has 0 aliphatic carbocycles. The summed E-state index contributed by atoms with van der Waals surface area (Å²) in [4.78, 5) is 2.46. The highest BCUT2D eigenvalue weighted by Gasteiger charge is 2.26. The van der Waals surface area contributed by atoms with Crippen molar-refractivity contribution in [3.8, 4) is 0 Å². The number of nitrogens with one attached hydrogen (secondary N) is 1. The molecule has 2 atom stereocenters. The molecule has 0 heterocycles. The second kappa shape index (κ2) is 6.86. The summed E-state index contributed by atoms with van der Waals surface area (Å²) in [5.41, 5.74) is -0.533. The topological polar surface area (TPSA) is 107 Å². The third kappa shape index (κ3) is 7.17. The lowest BCUT2D eigenvalue weighted by Gasteiger charge is -2.22. The highest BCUT2D eigenvalue weighted by atomic mass is 35.5. The van der Waals surface area contributed by atoms with E-state index in [4.69, 9.17) is 22.0 Å². The monoisotopic (exact) mass is 289 g/mol. The van der Waals surface area contributed by atoms with Crippen molar-refractivity contribution >= 4 is 21.6 Å². The normalized spacial score (nSPS) is 16.8. The van der Waals surface area contributed by atoms with E-state index in [2.05, 4.69) is 4.84 Å². The molecule has 6 nitrogen and oxygen atoms in total. The number of aliphatic hydroxyl groups excluding tert-OH is 3. The van der Waals surface area contributed by atoms with Crippen molar-refractivity contribution in [3.05, 3.63) is 0 Å². The molecule has 4 N–H and O–H groups in total. The van der Waals surface area contributed by atoms with Gasteiger partial charge in [-0.3, -0.25) is 0 Å². The van der Waals surface area contributed by atoms with Gasteiger partial charge in [-0.25, -0.2) is 13.3 Å². The fourth-order valence-electron chi connectivity index (χ4n) is 1.03. The van der Waals surface area contributed by atoms with Crippen molar-refractivity contribution in [1.82, 2.24) is 4.84 Å². The van der Waals surface area contributed by atoms with E-state index < -0.39 is 39.9 Å². The number of halogens is 1. The van der Waals surface area contributed by atoms with Gasteiger partial charge in [0.15, 0.2) is 9.84 Å². The Hall–Kier alpha value is 0.0800. The van der Waals surface area contributed by atoms with Crippen LogP contribution in [0.2, 0.25) is 0 Å². The van der Waals surface area contributed by atoms with E-state index in [1.165, 1.54) is 0 Å². The van der Waals surface area contributed by atoms with E-state index in [9.17, 15) is 13.5 Å². The first kappa shape index (κ1) is 17.1. The molecule has 0 bridgehead atoms. The summed E-state index contributed by atoms with van der Waals surface area (Å²) in [6, 6.07) is 0. The number of rotatable bonds is 8. The van der Waals surface area contributed by atoms with Crippen LogP contribution < -0.4 is 4.84 Å². The number of hydrogen-bond acceptors (Lipinski definition) is 6. The van der Waals surface area contributed by atoms with E-state index in [1.807, 2.05) is 0 Å². The highest BCUT2D eigenvalue weighted by Crippen LogP contribution is 2.12. The van der Waals surface area contributed by atoms with Crippen molar-refractivity contribution in [2.45, 2.75) is 38.0 Å². The Morgan fingerprint density at radius 2 is 1.82 bits per heavy atom. The Morgan fingerprint density at radius 1 is 1.29 bits per heavy atom. The maximum atomic E-state index is 11.6. The molecule has 8 heteroatoms. The molecule has 0 spiro atoms. The Bertz CT molecular complexity index is 319. The van der Waals surface area contributed by atoms with Crippen LogP contribution in [0.15, 0.2) is 0 Å². The summed E-state index contributed by atoms with van der Waals surface area (Å²) in [6.45, 7) is 2.81. The van der Waals surface area contributed by atoms with Crippen LogP contribution in [0.1, 0.15) is 20.3 Å². The van der Waals surface area contributed by atoms with Crippen molar-refractivity contribution in [2.24, 2.45) is 0 Å². The van der Waals surface area contributed by atoms with Gasteiger partial charge in [-0.05, 0) is 32.0 Å². The van der Waals surface area contributed by atoms with Crippen LogP contribution in [0.5, 0.6) is 0 Å². The summed E-state index contributed by atoms with van der Waals surface area (Å²) in [7, 11) is -3.50. The summed E-state index contributed by atoms with van der Waals surface area (Å²) in [6.07, 6.45) is -2.64. The third-order valence-corrected chi connectivity index (χ3v) is 4.54. The van der Waals surface area contributed by atoms with E-state index in [1.54, 1.807) is 13.8 Å². The van der Waals surface area contributed by atoms with Gasteiger partial charge in [0, 0.05) is 5.54 Å². The Labute approximate surface area is 107 Å². The molecule has 0 aromatic heterocycles. The molecule has 0 saturated heterocycles. The molecule has 0 aliphatic heterocycles. The molecule has 0 fully saturated rings. The number of aliphatic hydroxyl groups is 3. The Kier molecular flexibility index (Phi) is 6.90. The molecule has 104 valence electrons. The molecular formula is C9H20ClNO5S. The van der Waals surface area contributed by atoms with Crippen LogP contribution in [0.4, 0.5) is 0 Å². The fourth-order valence-corrected chi connectivity index (χ4v) is 2.86. The van der Waals surface area contributed by atoms with Gasteiger partial charge in [0.2, 0.25) is 0 Å². The molecule has 0 aromatic rings. The van der Waals surface area contributed by atoms with Gasteiger partial charge in [0.25, 0.3) is 0 Å². The summed E-state index contributed by atoms with van der Waals surface area (Å²) in [5.74, 6) is -0.734. The molecule has 0 aromatic carbocycles. The highest BCUT2D eigenvalue weighted by molar-refractivity contribution is 7.91. The van der Waals surface area contributed by atoms with Crippen LogP contribution in [-0.4, -0.2) is 59.6 Å². The zero-order valence-corrected chi connectivity index (χ0v) is 11.5. The van der Waals surface area contributed by atoms with Crippen LogP contribution >= 0.6 is 11.8 Å². The third-order valence-electron chi connectivity index (χ3n) is 2.35. The van der Waals surface area contributed by atoms with Gasteiger partial charge in [0.1, 0.15) is 6.10 Å². The Morgan fingerprint density at radius 3 is 2.24 bits per heavy atom. The maximum Gasteiger partial charge on any atom is 0.153 e. The van der Waals surface area contributed by atoms with Gasteiger partial charge < -0.3 is 15.3 Å². The van der Waals surface area contributed by atoms with E-state index in [-0.39, 0.29) is 12.2 Å². The van der Waals surface area contributed by atoms with Gasteiger partial charge in [-0.1, -0.05) is 0 Å². The van der Waals surface area contributed by atoms with Gasteiger partial charge >= 0.3 is 0 Å². The van der Waals surface area contributed by atoms with Gasteiger partial charge in [0.05, 0.1) is 24.2 Å². The summed E-state index contributed by atoms with van der Waals surface area (Å²) < 4.78 is 23.2. The van der Waals surface area contributed by atoms with Gasteiger partial charge in [-0.2, -0.15) is 0 Å². The second-order valence-electron chi connectivity index (χ2n) is 4.66. The molecular weight excluding hydrogens is 270 g/mol. The number of hydrogen-bond donors (Lipinski definition) is 4. The predicted molar refractivity (Wildman–Crippen MR) is 65.4 cm³/mol. The summed E-state index contributed by atoms with van der Waals surface area (Å²) >= 11 is 5.43. The lowest BCUT2D eigenvalue weighted by Crippen LogP contribution is -2.39. The minimum atomic E-state index is -3.50. The number of sulfone groups is 1. The van der Waals surface area contributed by atoms with E-state index in [0.717, 1.165) is 0 Å². The molecule has 0 amide bonds.